The standard InChI is InChI=1S/C21H23FO4.K/c22-18-10-6-15(7-11-18)5-8-16-3-1-2-4-17(16)9-12-19(23)13-20(24)14-21(25)26;/h1-4,6-7,9-12,19-20,23-24H,5,8,13-14H2,(H,25,26);/t19-,20-;/m1./s1. The second-order valence-electron chi connectivity index (χ2n) is 6.24. The number of aliphatic carboxylic acids is 1. The van der Waals surface area contributed by atoms with Crippen LogP contribution in [0.1, 0.15) is 29.5 Å². The molecule has 0 aliphatic rings. The predicted octanol–water partition coefficient (Wildman–Crippen LogP) is 2.83. The number of hydrogen-bond donors (Lipinski definition) is 3. The van der Waals surface area contributed by atoms with E-state index in [4.69, 9.17) is 5.11 Å². The van der Waals surface area contributed by atoms with Crippen molar-refractivity contribution in [3.05, 3.63) is 77.1 Å². The summed E-state index contributed by atoms with van der Waals surface area (Å²) in [7, 11) is 0. The Balaban J connectivity index is 0.00000364. The Kier molecular flexibility index (Phi) is 11.3. The smallest absolute Gasteiger partial charge is 0.305 e. The summed E-state index contributed by atoms with van der Waals surface area (Å²) in [6, 6.07) is 14.2. The summed E-state index contributed by atoms with van der Waals surface area (Å²) in [5.74, 6) is -1.35. The molecule has 2 aromatic carbocycles. The molecule has 2 aromatic rings. The first-order valence-corrected chi connectivity index (χ1v) is 8.52. The Labute approximate surface area is 201 Å². The van der Waals surface area contributed by atoms with Gasteiger partial charge in [0.25, 0.3) is 0 Å². The van der Waals surface area contributed by atoms with Gasteiger partial charge in [0.2, 0.25) is 0 Å². The SMILES string of the molecule is O=C(O)C[C@H](O)C[C@H](O)C=Cc1ccccc1CCc1ccc(F)cc1.[K]. The molecule has 4 nitrogen and oxygen atoms in total. The summed E-state index contributed by atoms with van der Waals surface area (Å²) < 4.78 is 13.0. The van der Waals surface area contributed by atoms with Crippen molar-refractivity contribution < 1.29 is 24.5 Å². The van der Waals surface area contributed by atoms with Gasteiger partial charge in [-0.2, -0.15) is 0 Å². The van der Waals surface area contributed by atoms with Crippen LogP contribution in [-0.2, 0) is 17.6 Å². The molecule has 0 aromatic heterocycles. The van der Waals surface area contributed by atoms with E-state index in [-0.39, 0.29) is 70.0 Å². The number of rotatable bonds is 9. The molecular formula is C21H23FKO4. The number of aryl methyl sites for hydroxylation is 2. The molecule has 3 N–H and O–H groups in total. The van der Waals surface area contributed by atoms with Crippen molar-refractivity contribution in [2.45, 2.75) is 37.9 Å². The molecule has 0 aliphatic heterocycles. The fraction of sp³-hybridized carbons (Fsp3) is 0.286. The normalized spacial score (nSPS) is 13.1. The van der Waals surface area contributed by atoms with Crippen molar-refractivity contribution in [3.63, 3.8) is 0 Å². The van der Waals surface area contributed by atoms with E-state index in [9.17, 15) is 19.4 Å². The molecule has 0 amide bonds. The molecule has 0 aliphatic carbocycles. The molecule has 27 heavy (non-hydrogen) atoms. The van der Waals surface area contributed by atoms with Crippen molar-refractivity contribution in [1.82, 2.24) is 0 Å². The molecule has 2 atom stereocenters. The van der Waals surface area contributed by atoms with Crippen LogP contribution in [0.15, 0.2) is 54.6 Å². The van der Waals surface area contributed by atoms with Crippen LogP contribution in [0.5, 0.6) is 0 Å². The van der Waals surface area contributed by atoms with Gasteiger partial charge >= 0.3 is 5.97 Å². The van der Waals surface area contributed by atoms with Gasteiger partial charge in [0.15, 0.2) is 0 Å². The van der Waals surface area contributed by atoms with E-state index >= 15 is 0 Å². The number of hydrogen-bond acceptors (Lipinski definition) is 3. The van der Waals surface area contributed by atoms with Crippen LogP contribution in [-0.4, -0.2) is 84.9 Å². The quantitative estimate of drug-likeness (QED) is 0.569. The van der Waals surface area contributed by atoms with Crippen molar-refractivity contribution in [1.29, 1.82) is 0 Å². The fourth-order valence-corrected chi connectivity index (χ4v) is 2.71. The minimum absolute atomic E-state index is 0. The van der Waals surface area contributed by atoms with Crippen molar-refractivity contribution in [2.75, 3.05) is 0 Å². The molecule has 0 saturated carbocycles. The number of benzene rings is 2. The van der Waals surface area contributed by atoms with E-state index in [1.807, 2.05) is 24.3 Å². The largest absolute Gasteiger partial charge is 0.481 e. The van der Waals surface area contributed by atoms with Crippen molar-refractivity contribution >= 4 is 63.4 Å². The van der Waals surface area contributed by atoms with Crippen LogP contribution in [0, 0.1) is 5.82 Å². The fourth-order valence-electron chi connectivity index (χ4n) is 2.71. The predicted molar refractivity (Wildman–Crippen MR) is 104 cm³/mol. The molecular weight excluding hydrogens is 374 g/mol. The van der Waals surface area contributed by atoms with E-state index in [2.05, 4.69) is 0 Å². The maximum atomic E-state index is 13.0. The van der Waals surface area contributed by atoms with Gasteiger partial charge in [0.05, 0.1) is 18.6 Å². The first-order valence-electron chi connectivity index (χ1n) is 8.52. The summed E-state index contributed by atoms with van der Waals surface area (Å²) in [6.45, 7) is 0. The second kappa shape index (κ2) is 12.6. The van der Waals surface area contributed by atoms with Gasteiger partial charge in [-0.25, -0.2) is 4.39 Å². The van der Waals surface area contributed by atoms with Crippen LogP contribution in [0.2, 0.25) is 0 Å². The maximum absolute atomic E-state index is 13.0. The van der Waals surface area contributed by atoms with Crippen LogP contribution < -0.4 is 0 Å². The monoisotopic (exact) mass is 397 g/mol. The van der Waals surface area contributed by atoms with E-state index in [0.717, 1.165) is 29.5 Å². The summed E-state index contributed by atoms with van der Waals surface area (Å²) in [4.78, 5) is 10.5. The molecule has 0 unspecified atom stereocenters. The van der Waals surface area contributed by atoms with Crippen LogP contribution in [0.3, 0.4) is 0 Å². The van der Waals surface area contributed by atoms with Gasteiger partial charge in [0.1, 0.15) is 5.82 Å². The summed E-state index contributed by atoms with van der Waals surface area (Å²) in [5.41, 5.74) is 3.08. The zero-order valence-corrected chi connectivity index (χ0v) is 18.5. The van der Waals surface area contributed by atoms with Crippen molar-refractivity contribution in [2.24, 2.45) is 0 Å². The Morgan fingerprint density at radius 3 is 2.37 bits per heavy atom. The second-order valence-corrected chi connectivity index (χ2v) is 6.24. The molecule has 0 spiro atoms. The molecule has 0 saturated heterocycles. The van der Waals surface area contributed by atoms with Crippen molar-refractivity contribution in [3.8, 4) is 0 Å². The van der Waals surface area contributed by atoms with E-state index < -0.39 is 18.2 Å². The van der Waals surface area contributed by atoms with E-state index in [1.165, 1.54) is 12.1 Å². The van der Waals surface area contributed by atoms with Gasteiger partial charge in [-0.05, 0) is 41.7 Å². The average molecular weight is 398 g/mol. The van der Waals surface area contributed by atoms with Crippen LogP contribution in [0.25, 0.3) is 6.08 Å². The van der Waals surface area contributed by atoms with Crippen LogP contribution in [0.4, 0.5) is 4.39 Å². The Bertz CT molecular complexity index is 746. The third kappa shape index (κ3) is 9.25. The summed E-state index contributed by atoms with van der Waals surface area (Å²) in [5, 5.41) is 28.1. The molecule has 2 rings (SSSR count). The number of carboxylic acid groups (broad SMARTS) is 1. The number of aliphatic hydroxyl groups excluding tert-OH is 2. The number of carbonyl (C=O) groups is 1. The molecule has 6 heteroatoms. The number of halogens is 1. The van der Waals surface area contributed by atoms with Gasteiger partial charge in [0, 0.05) is 57.8 Å². The first kappa shape index (κ1) is 24.2. The van der Waals surface area contributed by atoms with Gasteiger partial charge in [-0.1, -0.05) is 48.6 Å². The van der Waals surface area contributed by atoms with Crippen LogP contribution >= 0.6 is 0 Å². The average Bonchev–Trinajstić information content (AvgIpc) is 2.59. The zero-order chi connectivity index (χ0) is 18.9. The van der Waals surface area contributed by atoms with E-state index in [1.54, 1.807) is 24.3 Å². The molecule has 0 bridgehead atoms. The maximum Gasteiger partial charge on any atom is 0.305 e. The third-order valence-corrected chi connectivity index (χ3v) is 4.07. The zero-order valence-electron chi connectivity index (χ0n) is 15.4. The van der Waals surface area contributed by atoms with Gasteiger partial charge in [-0.15, -0.1) is 0 Å². The Hall–Kier alpha value is -0.864. The Morgan fingerprint density at radius 1 is 1.04 bits per heavy atom. The minimum atomic E-state index is -1.10. The molecule has 1 radical (unpaired) electrons. The Morgan fingerprint density at radius 2 is 1.70 bits per heavy atom. The summed E-state index contributed by atoms with van der Waals surface area (Å²) in [6.07, 6.45) is 2.45. The molecule has 139 valence electrons. The third-order valence-electron chi connectivity index (χ3n) is 4.07. The summed E-state index contributed by atoms with van der Waals surface area (Å²) >= 11 is 0. The molecule has 0 fully saturated rings. The van der Waals surface area contributed by atoms with Gasteiger partial charge in [-0.3, -0.25) is 4.79 Å². The minimum Gasteiger partial charge on any atom is -0.481 e. The topological polar surface area (TPSA) is 77.8 Å². The van der Waals surface area contributed by atoms with E-state index in [0.29, 0.717) is 0 Å². The first-order chi connectivity index (χ1) is 12.4. The van der Waals surface area contributed by atoms with Gasteiger partial charge < -0.3 is 15.3 Å². The molecule has 0 heterocycles. The number of carboxylic acids is 1. The number of aliphatic hydroxyl groups is 2.